The largest absolute Gasteiger partial charge is 0.490 e. The third kappa shape index (κ3) is 4.19. The van der Waals surface area contributed by atoms with Crippen LogP contribution in [0.4, 0.5) is 0 Å². The van der Waals surface area contributed by atoms with Gasteiger partial charge < -0.3 is 14.2 Å². The first-order chi connectivity index (χ1) is 12.1. The zero-order valence-electron chi connectivity index (χ0n) is 13.7. The molecule has 1 heterocycles. The van der Waals surface area contributed by atoms with E-state index in [-0.39, 0.29) is 11.7 Å². The van der Waals surface area contributed by atoms with Crippen molar-refractivity contribution in [1.29, 1.82) is 0 Å². The topological polar surface area (TPSA) is 55.6 Å². The van der Waals surface area contributed by atoms with E-state index in [4.69, 9.17) is 20.9 Å². The number of ether oxygens (including phenoxy) is 1. The summed E-state index contributed by atoms with van der Waals surface area (Å²) < 4.78 is 10.8. The molecule has 0 atom stereocenters. The van der Waals surface area contributed by atoms with Gasteiger partial charge in [-0.2, -0.15) is 0 Å². The Balaban J connectivity index is 1.57. The first-order valence-corrected chi connectivity index (χ1v) is 8.18. The van der Waals surface area contributed by atoms with Gasteiger partial charge in [0.1, 0.15) is 18.1 Å². The summed E-state index contributed by atoms with van der Waals surface area (Å²) in [7, 11) is 1.68. The molecular formula is C19H17ClN2O3. The van der Waals surface area contributed by atoms with Gasteiger partial charge in [0, 0.05) is 18.7 Å². The molecule has 1 amide bonds. The monoisotopic (exact) mass is 356 g/mol. The zero-order chi connectivity index (χ0) is 17.6. The van der Waals surface area contributed by atoms with Crippen LogP contribution < -0.4 is 4.74 Å². The summed E-state index contributed by atoms with van der Waals surface area (Å²) in [6, 6.07) is 18.4. The number of hydrogen-bond donors (Lipinski definition) is 0. The van der Waals surface area contributed by atoms with Gasteiger partial charge in [-0.1, -0.05) is 59.2 Å². The van der Waals surface area contributed by atoms with E-state index in [1.54, 1.807) is 25.2 Å². The summed E-state index contributed by atoms with van der Waals surface area (Å²) in [6.07, 6.45) is 0. The number of carbonyl (C=O) groups is 1. The number of hydrogen-bond acceptors (Lipinski definition) is 4. The smallest absolute Gasteiger partial charge is 0.292 e. The van der Waals surface area contributed by atoms with E-state index < -0.39 is 0 Å². The van der Waals surface area contributed by atoms with Gasteiger partial charge in [-0.3, -0.25) is 4.79 Å². The molecule has 0 aliphatic rings. The average molecular weight is 357 g/mol. The first kappa shape index (κ1) is 17.0. The van der Waals surface area contributed by atoms with Crippen molar-refractivity contribution in [3.8, 4) is 17.0 Å². The normalized spacial score (nSPS) is 10.5. The Labute approximate surface area is 150 Å². The lowest BCUT2D eigenvalue weighted by Crippen LogP contribution is -2.30. The summed E-state index contributed by atoms with van der Waals surface area (Å²) in [5.74, 6) is 0.535. The number of halogens is 1. The molecule has 3 aromatic rings. The van der Waals surface area contributed by atoms with Crippen LogP contribution in [0.2, 0.25) is 5.02 Å². The van der Waals surface area contributed by atoms with Crippen molar-refractivity contribution < 1.29 is 14.1 Å². The minimum Gasteiger partial charge on any atom is -0.490 e. The van der Waals surface area contributed by atoms with Crippen LogP contribution in [0.15, 0.2) is 65.2 Å². The van der Waals surface area contributed by atoms with E-state index in [2.05, 4.69) is 5.16 Å². The fraction of sp³-hybridized carbons (Fsp3) is 0.158. The number of benzene rings is 2. The van der Waals surface area contributed by atoms with Crippen LogP contribution >= 0.6 is 11.6 Å². The van der Waals surface area contributed by atoms with Crippen molar-refractivity contribution in [3.05, 3.63) is 71.4 Å². The third-order valence-electron chi connectivity index (χ3n) is 3.66. The molecule has 0 aliphatic carbocycles. The van der Waals surface area contributed by atoms with Crippen molar-refractivity contribution in [2.75, 3.05) is 20.2 Å². The molecule has 1 aromatic heterocycles. The standard InChI is InChI=1S/C19H17ClN2O3/c1-22(11-12-24-17-10-6-5-9-15(17)20)19(23)18-13-16(21-25-18)14-7-3-2-4-8-14/h2-10,13H,11-12H2,1H3. The second-order valence-corrected chi connectivity index (χ2v) is 5.86. The molecule has 0 bridgehead atoms. The van der Waals surface area contributed by atoms with E-state index in [0.29, 0.717) is 29.6 Å². The van der Waals surface area contributed by atoms with Gasteiger partial charge >= 0.3 is 0 Å². The lowest BCUT2D eigenvalue weighted by Gasteiger charge is -2.16. The van der Waals surface area contributed by atoms with Gasteiger partial charge in [0.25, 0.3) is 5.91 Å². The van der Waals surface area contributed by atoms with Gasteiger partial charge in [-0.15, -0.1) is 0 Å². The van der Waals surface area contributed by atoms with E-state index >= 15 is 0 Å². The van der Waals surface area contributed by atoms with Gasteiger partial charge in [0.2, 0.25) is 5.76 Å². The van der Waals surface area contributed by atoms with Crippen molar-refractivity contribution in [3.63, 3.8) is 0 Å². The van der Waals surface area contributed by atoms with Crippen LogP contribution in [-0.4, -0.2) is 36.2 Å². The molecular weight excluding hydrogens is 340 g/mol. The Kier molecular flexibility index (Phi) is 5.36. The maximum atomic E-state index is 12.4. The molecule has 6 heteroatoms. The number of para-hydroxylation sites is 1. The Morgan fingerprint density at radius 3 is 2.64 bits per heavy atom. The fourth-order valence-electron chi connectivity index (χ4n) is 2.26. The molecule has 2 aromatic carbocycles. The minimum atomic E-state index is -0.252. The maximum Gasteiger partial charge on any atom is 0.292 e. The van der Waals surface area contributed by atoms with Gasteiger partial charge in [0.05, 0.1) is 11.6 Å². The molecule has 0 unspecified atom stereocenters. The predicted octanol–water partition coefficient (Wildman–Crippen LogP) is 4.15. The summed E-state index contributed by atoms with van der Waals surface area (Å²) in [6.45, 7) is 0.719. The second kappa shape index (κ2) is 7.85. The highest BCUT2D eigenvalue weighted by Crippen LogP contribution is 2.23. The van der Waals surface area contributed by atoms with Crippen LogP contribution in [0.1, 0.15) is 10.6 Å². The van der Waals surface area contributed by atoms with Crippen molar-refractivity contribution in [2.24, 2.45) is 0 Å². The molecule has 0 radical (unpaired) electrons. The Bertz CT molecular complexity index is 849. The maximum absolute atomic E-state index is 12.4. The molecule has 25 heavy (non-hydrogen) atoms. The van der Waals surface area contributed by atoms with Crippen molar-refractivity contribution >= 4 is 17.5 Å². The number of carbonyl (C=O) groups excluding carboxylic acids is 1. The molecule has 3 rings (SSSR count). The number of likely N-dealkylation sites (N-methyl/N-ethyl adjacent to an activating group) is 1. The molecule has 128 valence electrons. The Morgan fingerprint density at radius 2 is 1.88 bits per heavy atom. The number of rotatable bonds is 6. The van der Waals surface area contributed by atoms with Gasteiger partial charge in [-0.25, -0.2) is 0 Å². The SMILES string of the molecule is CN(CCOc1ccccc1Cl)C(=O)c1cc(-c2ccccc2)no1. The van der Waals surface area contributed by atoms with Crippen LogP contribution in [0.3, 0.4) is 0 Å². The molecule has 0 saturated carbocycles. The molecule has 0 spiro atoms. The van der Waals surface area contributed by atoms with Gasteiger partial charge in [-0.05, 0) is 12.1 Å². The highest BCUT2D eigenvalue weighted by molar-refractivity contribution is 6.32. The van der Waals surface area contributed by atoms with Gasteiger partial charge in [0.15, 0.2) is 0 Å². The lowest BCUT2D eigenvalue weighted by molar-refractivity contribution is 0.0733. The van der Waals surface area contributed by atoms with Crippen molar-refractivity contribution in [1.82, 2.24) is 10.1 Å². The summed E-state index contributed by atoms with van der Waals surface area (Å²) >= 11 is 6.03. The van der Waals surface area contributed by atoms with Crippen LogP contribution in [0, 0.1) is 0 Å². The zero-order valence-corrected chi connectivity index (χ0v) is 14.4. The summed E-state index contributed by atoms with van der Waals surface area (Å²) in [5.41, 5.74) is 1.53. The molecule has 0 aliphatic heterocycles. The Hall–Kier alpha value is -2.79. The predicted molar refractivity (Wildman–Crippen MR) is 95.8 cm³/mol. The van der Waals surface area contributed by atoms with E-state index in [1.165, 1.54) is 4.90 Å². The molecule has 0 fully saturated rings. The highest BCUT2D eigenvalue weighted by Gasteiger charge is 2.18. The minimum absolute atomic E-state index is 0.194. The number of aromatic nitrogens is 1. The third-order valence-corrected chi connectivity index (χ3v) is 3.97. The Morgan fingerprint density at radius 1 is 1.16 bits per heavy atom. The van der Waals surface area contributed by atoms with E-state index in [1.807, 2.05) is 42.5 Å². The summed E-state index contributed by atoms with van der Waals surface area (Å²) in [4.78, 5) is 13.9. The first-order valence-electron chi connectivity index (χ1n) is 7.80. The molecule has 5 nitrogen and oxygen atoms in total. The van der Waals surface area contributed by atoms with Crippen LogP contribution in [0.25, 0.3) is 11.3 Å². The molecule has 0 N–H and O–H groups in total. The highest BCUT2D eigenvalue weighted by atomic mass is 35.5. The van der Waals surface area contributed by atoms with Crippen molar-refractivity contribution in [2.45, 2.75) is 0 Å². The quantitative estimate of drug-likeness (QED) is 0.666. The number of nitrogens with zero attached hydrogens (tertiary/aromatic N) is 2. The number of amides is 1. The van der Waals surface area contributed by atoms with Crippen LogP contribution in [-0.2, 0) is 0 Å². The van der Waals surface area contributed by atoms with E-state index in [9.17, 15) is 4.79 Å². The lowest BCUT2D eigenvalue weighted by atomic mass is 10.1. The fourth-order valence-corrected chi connectivity index (χ4v) is 2.46. The van der Waals surface area contributed by atoms with E-state index in [0.717, 1.165) is 5.56 Å². The summed E-state index contributed by atoms with van der Waals surface area (Å²) in [5, 5.41) is 4.50. The average Bonchev–Trinajstić information content (AvgIpc) is 3.13. The van der Waals surface area contributed by atoms with Crippen LogP contribution in [0.5, 0.6) is 5.75 Å². The molecule has 0 saturated heterocycles. The second-order valence-electron chi connectivity index (χ2n) is 5.45.